The van der Waals surface area contributed by atoms with Crippen molar-refractivity contribution in [3.8, 4) is 0 Å². The van der Waals surface area contributed by atoms with Gasteiger partial charge in [0, 0.05) is 26.3 Å². The van der Waals surface area contributed by atoms with Crippen LogP contribution in [0.5, 0.6) is 0 Å². The van der Waals surface area contributed by atoms with Crippen LogP contribution >= 0.6 is 0 Å². The SMILES string of the molecule is COCCCCCN1CCCNC(CC(C)C)C1. The number of ether oxygens (including phenoxy) is 1. The number of hydrogen-bond acceptors (Lipinski definition) is 3. The minimum absolute atomic E-state index is 0.700. The summed E-state index contributed by atoms with van der Waals surface area (Å²) in [5.74, 6) is 0.796. The molecule has 1 aliphatic rings. The number of rotatable bonds is 8. The van der Waals surface area contributed by atoms with Crippen LogP contribution in [0.4, 0.5) is 0 Å². The van der Waals surface area contributed by atoms with E-state index in [1.165, 1.54) is 58.3 Å². The lowest BCUT2D eigenvalue weighted by atomic mass is 10.0. The van der Waals surface area contributed by atoms with Crippen molar-refractivity contribution in [1.82, 2.24) is 10.2 Å². The van der Waals surface area contributed by atoms with Crippen molar-refractivity contribution in [3.63, 3.8) is 0 Å². The van der Waals surface area contributed by atoms with E-state index in [4.69, 9.17) is 4.74 Å². The van der Waals surface area contributed by atoms with E-state index < -0.39 is 0 Å². The maximum absolute atomic E-state index is 5.09. The quantitative estimate of drug-likeness (QED) is 0.675. The highest BCUT2D eigenvalue weighted by Crippen LogP contribution is 2.10. The van der Waals surface area contributed by atoms with Gasteiger partial charge in [0.1, 0.15) is 0 Å². The third-order valence-electron chi connectivity index (χ3n) is 3.64. The van der Waals surface area contributed by atoms with Gasteiger partial charge in [0.15, 0.2) is 0 Å². The van der Waals surface area contributed by atoms with Crippen molar-refractivity contribution in [1.29, 1.82) is 0 Å². The predicted octanol–water partition coefficient (Wildman–Crippen LogP) is 2.51. The van der Waals surface area contributed by atoms with Gasteiger partial charge in [-0.25, -0.2) is 0 Å². The molecule has 0 radical (unpaired) electrons. The minimum Gasteiger partial charge on any atom is -0.385 e. The molecule has 1 N–H and O–H groups in total. The van der Waals surface area contributed by atoms with Crippen LogP contribution in [0, 0.1) is 5.92 Å². The van der Waals surface area contributed by atoms with Gasteiger partial charge >= 0.3 is 0 Å². The fourth-order valence-electron chi connectivity index (χ4n) is 2.76. The summed E-state index contributed by atoms with van der Waals surface area (Å²) in [6.07, 6.45) is 6.43. The van der Waals surface area contributed by atoms with Gasteiger partial charge in [-0.2, -0.15) is 0 Å². The van der Waals surface area contributed by atoms with E-state index in [2.05, 4.69) is 24.1 Å². The zero-order valence-electron chi connectivity index (χ0n) is 12.6. The van der Waals surface area contributed by atoms with E-state index in [1.807, 2.05) is 0 Å². The normalized spacial score (nSPS) is 22.3. The summed E-state index contributed by atoms with van der Waals surface area (Å²) in [6.45, 7) is 10.5. The van der Waals surface area contributed by atoms with Crippen LogP contribution in [0.2, 0.25) is 0 Å². The van der Waals surface area contributed by atoms with Gasteiger partial charge < -0.3 is 15.0 Å². The third-order valence-corrected chi connectivity index (χ3v) is 3.64. The summed E-state index contributed by atoms with van der Waals surface area (Å²) in [4.78, 5) is 2.65. The molecule has 0 aromatic carbocycles. The van der Waals surface area contributed by atoms with Gasteiger partial charge in [-0.15, -0.1) is 0 Å². The van der Waals surface area contributed by atoms with Crippen LogP contribution in [0.3, 0.4) is 0 Å². The average molecular weight is 256 g/mol. The van der Waals surface area contributed by atoms with Crippen LogP contribution in [0.15, 0.2) is 0 Å². The van der Waals surface area contributed by atoms with Gasteiger partial charge in [-0.3, -0.25) is 0 Å². The molecule has 108 valence electrons. The molecule has 1 unspecified atom stereocenters. The fourth-order valence-corrected chi connectivity index (χ4v) is 2.76. The molecular weight excluding hydrogens is 224 g/mol. The van der Waals surface area contributed by atoms with Gasteiger partial charge in [0.2, 0.25) is 0 Å². The Bertz CT molecular complexity index is 197. The lowest BCUT2D eigenvalue weighted by Gasteiger charge is -2.25. The molecule has 1 atom stereocenters. The Morgan fingerprint density at radius 3 is 2.83 bits per heavy atom. The Labute approximate surface area is 113 Å². The standard InChI is InChI=1S/C15H32N2O/c1-14(2)12-15-13-17(10-7-8-16-15)9-5-4-6-11-18-3/h14-16H,4-13H2,1-3H3. The lowest BCUT2D eigenvalue weighted by molar-refractivity contribution is 0.188. The number of hydrogen-bond donors (Lipinski definition) is 1. The molecule has 0 aromatic rings. The van der Waals surface area contributed by atoms with E-state index in [0.717, 1.165) is 12.5 Å². The summed E-state index contributed by atoms with van der Waals surface area (Å²) in [7, 11) is 1.79. The molecule has 1 heterocycles. The molecule has 1 fully saturated rings. The van der Waals surface area contributed by atoms with E-state index in [1.54, 1.807) is 7.11 Å². The Kier molecular flexibility index (Phi) is 8.64. The van der Waals surface area contributed by atoms with Gasteiger partial charge in [0.05, 0.1) is 0 Å². The summed E-state index contributed by atoms with van der Waals surface area (Å²) in [6, 6.07) is 0.700. The van der Waals surface area contributed by atoms with Crippen molar-refractivity contribution in [3.05, 3.63) is 0 Å². The monoisotopic (exact) mass is 256 g/mol. The molecule has 1 saturated heterocycles. The maximum Gasteiger partial charge on any atom is 0.0462 e. The number of nitrogens with one attached hydrogen (secondary N) is 1. The molecule has 1 aliphatic heterocycles. The molecule has 0 amide bonds. The van der Waals surface area contributed by atoms with Crippen LogP contribution in [0.25, 0.3) is 0 Å². The Morgan fingerprint density at radius 2 is 2.11 bits per heavy atom. The second-order valence-electron chi connectivity index (χ2n) is 5.99. The Balaban J connectivity index is 2.17. The Hall–Kier alpha value is -0.120. The molecule has 3 heteroatoms. The second-order valence-corrected chi connectivity index (χ2v) is 5.99. The number of nitrogens with zero attached hydrogens (tertiary/aromatic N) is 1. The van der Waals surface area contributed by atoms with E-state index in [-0.39, 0.29) is 0 Å². The van der Waals surface area contributed by atoms with Crippen LogP contribution in [-0.4, -0.2) is 50.8 Å². The first kappa shape index (κ1) is 15.9. The van der Waals surface area contributed by atoms with Crippen molar-refractivity contribution in [2.45, 2.75) is 52.0 Å². The highest BCUT2D eigenvalue weighted by atomic mass is 16.5. The van der Waals surface area contributed by atoms with Gasteiger partial charge in [-0.1, -0.05) is 13.8 Å². The second kappa shape index (κ2) is 9.76. The van der Waals surface area contributed by atoms with Crippen LogP contribution in [-0.2, 0) is 4.74 Å². The molecular formula is C15H32N2O. The van der Waals surface area contributed by atoms with Gasteiger partial charge in [-0.05, 0) is 57.7 Å². The molecule has 0 spiro atoms. The zero-order chi connectivity index (χ0) is 13.2. The largest absolute Gasteiger partial charge is 0.385 e. The number of methoxy groups -OCH3 is 1. The van der Waals surface area contributed by atoms with E-state index in [9.17, 15) is 0 Å². The van der Waals surface area contributed by atoms with Crippen LogP contribution in [0.1, 0.15) is 46.0 Å². The number of unbranched alkanes of at least 4 members (excludes halogenated alkanes) is 2. The van der Waals surface area contributed by atoms with E-state index in [0.29, 0.717) is 6.04 Å². The molecule has 0 bridgehead atoms. The topological polar surface area (TPSA) is 24.5 Å². The molecule has 0 aliphatic carbocycles. The minimum atomic E-state index is 0.700. The fraction of sp³-hybridized carbons (Fsp3) is 1.00. The smallest absolute Gasteiger partial charge is 0.0462 e. The maximum atomic E-state index is 5.09. The van der Waals surface area contributed by atoms with E-state index >= 15 is 0 Å². The lowest BCUT2D eigenvalue weighted by Crippen LogP contribution is -2.38. The first-order valence-electron chi connectivity index (χ1n) is 7.67. The summed E-state index contributed by atoms with van der Waals surface area (Å²) in [5, 5.41) is 3.69. The van der Waals surface area contributed by atoms with Crippen molar-refractivity contribution in [2.24, 2.45) is 5.92 Å². The van der Waals surface area contributed by atoms with Crippen LogP contribution < -0.4 is 5.32 Å². The summed E-state index contributed by atoms with van der Waals surface area (Å²) in [5.41, 5.74) is 0. The first-order chi connectivity index (χ1) is 8.72. The molecule has 1 rings (SSSR count). The highest BCUT2D eigenvalue weighted by molar-refractivity contribution is 4.77. The third kappa shape index (κ3) is 7.34. The molecule has 0 saturated carbocycles. The highest BCUT2D eigenvalue weighted by Gasteiger charge is 2.17. The molecule has 18 heavy (non-hydrogen) atoms. The summed E-state index contributed by atoms with van der Waals surface area (Å²) < 4.78 is 5.09. The first-order valence-corrected chi connectivity index (χ1v) is 7.67. The molecule has 3 nitrogen and oxygen atoms in total. The predicted molar refractivity (Wildman–Crippen MR) is 78.0 cm³/mol. The summed E-state index contributed by atoms with van der Waals surface area (Å²) >= 11 is 0. The van der Waals surface area contributed by atoms with Crippen molar-refractivity contribution < 1.29 is 4.74 Å². The van der Waals surface area contributed by atoms with Crippen molar-refractivity contribution >= 4 is 0 Å². The average Bonchev–Trinajstić information content (AvgIpc) is 2.53. The van der Waals surface area contributed by atoms with Crippen molar-refractivity contribution in [2.75, 3.05) is 39.9 Å². The van der Waals surface area contributed by atoms with Gasteiger partial charge in [0.25, 0.3) is 0 Å². The zero-order valence-corrected chi connectivity index (χ0v) is 12.6. The molecule has 0 aromatic heterocycles. The Morgan fingerprint density at radius 1 is 1.28 bits per heavy atom.